The molecule has 0 amide bonds. The summed E-state index contributed by atoms with van der Waals surface area (Å²) in [5.41, 5.74) is 0. The van der Waals surface area contributed by atoms with Crippen molar-refractivity contribution in [1.82, 2.24) is 10.2 Å². The van der Waals surface area contributed by atoms with Crippen LogP contribution >= 0.6 is 11.8 Å². The maximum atomic E-state index is 9.89. The van der Waals surface area contributed by atoms with Crippen LogP contribution < -0.4 is 5.32 Å². The van der Waals surface area contributed by atoms with E-state index in [4.69, 9.17) is 4.74 Å². The van der Waals surface area contributed by atoms with Crippen molar-refractivity contribution < 1.29 is 9.84 Å². The van der Waals surface area contributed by atoms with Crippen LogP contribution in [0.5, 0.6) is 0 Å². The molecule has 4 nitrogen and oxygen atoms in total. The highest BCUT2D eigenvalue weighted by Gasteiger charge is 2.14. The first-order valence-electron chi connectivity index (χ1n) is 6.40. The van der Waals surface area contributed by atoms with Gasteiger partial charge in [-0.3, -0.25) is 4.90 Å². The zero-order valence-corrected chi connectivity index (χ0v) is 11.8. The Morgan fingerprint density at radius 2 is 2.06 bits per heavy atom. The molecule has 2 N–H and O–H groups in total. The Hall–Kier alpha value is 0.190. The van der Waals surface area contributed by atoms with Gasteiger partial charge in [-0.1, -0.05) is 6.92 Å². The summed E-state index contributed by atoms with van der Waals surface area (Å²) in [6.07, 6.45) is 1.86. The van der Waals surface area contributed by atoms with Gasteiger partial charge in [0.1, 0.15) is 0 Å². The smallest absolute Gasteiger partial charge is 0.0791 e. The quantitative estimate of drug-likeness (QED) is 0.657. The Balaban J connectivity index is 2.02. The minimum atomic E-state index is -0.269. The molecule has 1 aliphatic rings. The highest BCUT2D eigenvalue weighted by Crippen LogP contribution is 2.03. The molecule has 0 aliphatic carbocycles. The van der Waals surface area contributed by atoms with Gasteiger partial charge in [-0.25, -0.2) is 0 Å². The lowest BCUT2D eigenvalue weighted by Gasteiger charge is -2.28. The molecule has 0 bridgehead atoms. The summed E-state index contributed by atoms with van der Waals surface area (Å²) in [5, 5.41) is 13.2. The van der Waals surface area contributed by atoms with Crippen LogP contribution in [0.3, 0.4) is 0 Å². The van der Waals surface area contributed by atoms with E-state index in [0.717, 1.165) is 39.4 Å². The molecular weight excluding hydrogens is 236 g/mol. The lowest BCUT2D eigenvalue weighted by molar-refractivity contribution is 0.0149. The van der Waals surface area contributed by atoms with Crippen LogP contribution in [0.1, 0.15) is 6.92 Å². The molecule has 1 heterocycles. The molecule has 17 heavy (non-hydrogen) atoms. The number of nitrogens with one attached hydrogen (secondary N) is 1. The van der Waals surface area contributed by atoms with E-state index >= 15 is 0 Å². The average Bonchev–Trinajstić information content (AvgIpc) is 2.30. The van der Waals surface area contributed by atoms with E-state index in [-0.39, 0.29) is 6.10 Å². The van der Waals surface area contributed by atoms with Crippen LogP contribution in [-0.4, -0.2) is 74.1 Å². The van der Waals surface area contributed by atoms with Crippen LogP contribution in [0.4, 0.5) is 0 Å². The average molecular weight is 262 g/mol. The van der Waals surface area contributed by atoms with E-state index in [9.17, 15) is 5.11 Å². The number of morpholine rings is 1. The van der Waals surface area contributed by atoms with Crippen LogP contribution in [0.15, 0.2) is 0 Å². The zero-order valence-electron chi connectivity index (χ0n) is 11.0. The first-order chi connectivity index (χ1) is 8.22. The van der Waals surface area contributed by atoms with Crippen LogP contribution in [0.2, 0.25) is 0 Å². The van der Waals surface area contributed by atoms with Crippen molar-refractivity contribution in [2.45, 2.75) is 13.0 Å². The molecule has 5 heteroatoms. The van der Waals surface area contributed by atoms with Gasteiger partial charge in [0.15, 0.2) is 0 Å². The Kier molecular flexibility index (Phi) is 8.22. The number of rotatable bonds is 8. The van der Waals surface area contributed by atoms with Gasteiger partial charge < -0.3 is 15.2 Å². The molecule has 0 radical (unpaired) electrons. The predicted octanol–water partition coefficient (Wildman–Crippen LogP) is 0.268. The largest absolute Gasteiger partial charge is 0.390 e. The first kappa shape index (κ1) is 15.2. The van der Waals surface area contributed by atoms with E-state index in [0.29, 0.717) is 12.5 Å². The van der Waals surface area contributed by atoms with E-state index in [1.807, 2.05) is 11.8 Å². The number of hydrogen-bond acceptors (Lipinski definition) is 5. The van der Waals surface area contributed by atoms with Gasteiger partial charge in [0.25, 0.3) is 0 Å². The van der Waals surface area contributed by atoms with Crippen LogP contribution in [0.25, 0.3) is 0 Å². The molecule has 0 aromatic heterocycles. The maximum Gasteiger partial charge on any atom is 0.0791 e. The number of ether oxygens (including phenoxy) is 1. The molecular formula is C12H26N2O2S. The maximum absolute atomic E-state index is 9.89. The summed E-state index contributed by atoms with van der Waals surface area (Å²) < 4.78 is 5.28. The molecule has 1 saturated heterocycles. The molecule has 0 aromatic carbocycles. The molecule has 0 aromatic rings. The summed E-state index contributed by atoms with van der Waals surface area (Å²) >= 11 is 1.87. The van der Waals surface area contributed by atoms with Crippen LogP contribution in [-0.2, 0) is 4.74 Å². The fourth-order valence-corrected chi connectivity index (χ4v) is 2.67. The Morgan fingerprint density at radius 3 is 2.71 bits per heavy atom. The number of hydrogen-bond donors (Lipinski definition) is 2. The van der Waals surface area contributed by atoms with Crippen molar-refractivity contribution in [1.29, 1.82) is 0 Å². The molecule has 1 aliphatic heterocycles. The third kappa shape index (κ3) is 7.26. The van der Waals surface area contributed by atoms with Gasteiger partial charge in [-0.2, -0.15) is 11.8 Å². The Labute approximate surface area is 109 Å². The SMILES string of the molecule is CSCC(C)CNCC(O)CN1CCOCC1. The normalized spacial score (nSPS) is 21.4. The summed E-state index contributed by atoms with van der Waals surface area (Å²) in [7, 11) is 0. The van der Waals surface area contributed by atoms with E-state index in [1.165, 1.54) is 5.75 Å². The highest BCUT2D eigenvalue weighted by atomic mass is 32.2. The van der Waals surface area contributed by atoms with Gasteiger partial charge in [0.05, 0.1) is 19.3 Å². The van der Waals surface area contributed by atoms with Crippen molar-refractivity contribution in [3.63, 3.8) is 0 Å². The number of thioether (sulfide) groups is 1. The second-order valence-corrected chi connectivity index (χ2v) is 5.70. The number of β-amino-alcohol motifs (C(OH)–C–C–N with tert-alkyl or cyclic N) is 1. The molecule has 2 unspecified atom stereocenters. The van der Waals surface area contributed by atoms with Gasteiger partial charge in [0.2, 0.25) is 0 Å². The third-order valence-electron chi connectivity index (χ3n) is 2.90. The second kappa shape index (κ2) is 9.16. The highest BCUT2D eigenvalue weighted by molar-refractivity contribution is 7.98. The lowest BCUT2D eigenvalue weighted by Crippen LogP contribution is -2.44. The topological polar surface area (TPSA) is 44.7 Å². The van der Waals surface area contributed by atoms with Crippen LogP contribution in [0, 0.1) is 5.92 Å². The summed E-state index contributed by atoms with van der Waals surface area (Å²) in [4.78, 5) is 2.27. The molecule has 1 fully saturated rings. The monoisotopic (exact) mass is 262 g/mol. The Bertz CT molecular complexity index is 189. The van der Waals surface area contributed by atoms with Crippen molar-refractivity contribution in [3.05, 3.63) is 0 Å². The second-order valence-electron chi connectivity index (χ2n) is 4.79. The van der Waals surface area contributed by atoms with Crippen molar-refractivity contribution in [2.24, 2.45) is 5.92 Å². The molecule has 0 spiro atoms. The fraction of sp³-hybridized carbons (Fsp3) is 1.00. The number of nitrogens with zero attached hydrogens (tertiary/aromatic N) is 1. The summed E-state index contributed by atoms with van der Waals surface area (Å²) in [6, 6.07) is 0. The lowest BCUT2D eigenvalue weighted by atomic mass is 10.2. The molecule has 0 saturated carbocycles. The van der Waals surface area contributed by atoms with E-state index in [2.05, 4.69) is 23.4 Å². The minimum Gasteiger partial charge on any atom is -0.390 e. The van der Waals surface area contributed by atoms with Crippen molar-refractivity contribution >= 4 is 11.8 Å². The summed E-state index contributed by atoms with van der Waals surface area (Å²) in [5.74, 6) is 1.84. The third-order valence-corrected chi connectivity index (χ3v) is 3.80. The van der Waals surface area contributed by atoms with Gasteiger partial charge in [-0.15, -0.1) is 0 Å². The minimum absolute atomic E-state index is 0.269. The number of aliphatic hydroxyl groups excluding tert-OH is 1. The van der Waals surface area contributed by atoms with Crippen molar-refractivity contribution in [2.75, 3.05) is 57.9 Å². The molecule has 1 rings (SSSR count). The predicted molar refractivity (Wildman–Crippen MR) is 73.7 cm³/mol. The van der Waals surface area contributed by atoms with Gasteiger partial charge in [-0.05, 0) is 24.5 Å². The first-order valence-corrected chi connectivity index (χ1v) is 7.79. The molecule has 2 atom stereocenters. The molecule has 102 valence electrons. The fourth-order valence-electron chi connectivity index (χ4n) is 1.99. The standard InChI is InChI=1S/C12H26N2O2S/c1-11(10-17-2)7-13-8-12(15)9-14-3-5-16-6-4-14/h11-13,15H,3-10H2,1-2H3. The van der Waals surface area contributed by atoms with E-state index < -0.39 is 0 Å². The number of aliphatic hydroxyl groups is 1. The Morgan fingerprint density at radius 1 is 1.35 bits per heavy atom. The summed E-state index contributed by atoms with van der Waals surface area (Å²) in [6.45, 7) is 8.15. The van der Waals surface area contributed by atoms with Gasteiger partial charge >= 0.3 is 0 Å². The van der Waals surface area contributed by atoms with Crippen molar-refractivity contribution in [3.8, 4) is 0 Å². The van der Waals surface area contributed by atoms with Gasteiger partial charge in [0, 0.05) is 26.2 Å². The zero-order chi connectivity index (χ0) is 12.5. The van der Waals surface area contributed by atoms with E-state index in [1.54, 1.807) is 0 Å².